The summed E-state index contributed by atoms with van der Waals surface area (Å²) in [7, 11) is 2.17. The zero-order valence-electron chi connectivity index (χ0n) is 14.0. The van der Waals surface area contributed by atoms with Crippen molar-refractivity contribution in [1.82, 2.24) is 25.2 Å². The third-order valence-corrected chi connectivity index (χ3v) is 4.58. The van der Waals surface area contributed by atoms with Crippen LogP contribution < -0.4 is 0 Å². The van der Waals surface area contributed by atoms with Crippen molar-refractivity contribution in [2.45, 2.75) is 26.2 Å². The average Bonchev–Trinajstić information content (AvgIpc) is 3.29. The van der Waals surface area contributed by atoms with E-state index in [9.17, 15) is 0 Å². The van der Waals surface area contributed by atoms with E-state index in [0.29, 0.717) is 17.5 Å². The molecular weight excluding hydrogens is 306 g/mol. The molecule has 4 heterocycles. The Balaban J connectivity index is 1.46. The molecule has 1 fully saturated rings. The van der Waals surface area contributed by atoms with Crippen LogP contribution in [-0.4, -0.2) is 45.4 Å². The van der Waals surface area contributed by atoms with Crippen LogP contribution in [0.25, 0.3) is 23.0 Å². The van der Waals surface area contributed by atoms with Crippen molar-refractivity contribution in [3.63, 3.8) is 0 Å². The van der Waals surface area contributed by atoms with Crippen molar-refractivity contribution >= 4 is 0 Å². The minimum atomic E-state index is 0.472. The zero-order valence-corrected chi connectivity index (χ0v) is 14.0. The zero-order chi connectivity index (χ0) is 16.5. The second-order valence-corrected chi connectivity index (χ2v) is 6.54. The topological polar surface area (TPSA) is 84.0 Å². The molecule has 1 saturated heterocycles. The first-order valence-electron chi connectivity index (χ1n) is 8.31. The molecule has 0 aromatic carbocycles. The van der Waals surface area contributed by atoms with Crippen molar-refractivity contribution in [2.75, 3.05) is 20.1 Å². The van der Waals surface area contributed by atoms with Gasteiger partial charge in [0, 0.05) is 12.5 Å². The summed E-state index contributed by atoms with van der Waals surface area (Å²) in [4.78, 5) is 6.87. The van der Waals surface area contributed by atoms with Gasteiger partial charge >= 0.3 is 0 Å². The van der Waals surface area contributed by atoms with E-state index >= 15 is 0 Å². The lowest BCUT2D eigenvalue weighted by Crippen LogP contribution is -2.31. The van der Waals surface area contributed by atoms with Crippen molar-refractivity contribution in [2.24, 2.45) is 5.92 Å². The number of rotatable bonds is 4. The van der Waals surface area contributed by atoms with E-state index in [-0.39, 0.29) is 0 Å². The fraction of sp³-hybridized carbons (Fsp3) is 0.471. The summed E-state index contributed by atoms with van der Waals surface area (Å²) < 4.78 is 11.0. The lowest BCUT2D eigenvalue weighted by atomic mass is 9.94. The van der Waals surface area contributed by atoms with Gasteiger partial charge in [0.15, 0.2) is 11.6 Å². The first kappa shape index (κ1) is 15.1. The molecule has 1 N–H and O–H groups in total. The summed E-state index contributed by atoms with van der Waals surface area (Å²) in [5, 5.41) is 11.3. The van der Waals surface area contributed by atoms with Crippen LogP contribution in [0.5, 0.6) is 0 Å². The number of piperidine rings is 1. The quantitative estimate of drug-likeness (QED) is 0.793. The lowest BCUT2D eigenvalue weighted by molar-refractivity contribution is 0.216. The van der Waals surface area contributed by atoms with Gasteiger partial charge in [-0.2, -0.15) is 10.1 Å². The van der Waals surface area contributed by atoms with Gasteiger partial charge in [-0.25, -0.2) is 0 Å². The molecule has 7 nitrogen and oxygen atoms in total. The van der Waals surface area contributed by atoms with Gasteiger partial charge in [-0.1, -0.05) is 5.16 Å². The number of likely N-dealkylation sites (tertiary alicyclic amines) is 1. The van der Waals surface area contributed by atoms with Crippen LogP contribution in [0, 0.1) is 12.8 Å². The molecule has 0 unspecified atom stereocenters. The molecule has 0 amide bonds. The molecule has 126 valence electrons. The fourth-order valence-electron chi connectivity index (χ4n) is 3.10. The summed E-state index contributed by atoms with van der Waals surface area (Å²) in [5.41, 5.74) is 1.44. The Morgan fingerprint density at radius 3 is 2.88 bits per heavy atom. The average molecular weight is 327 g/mol. The van der Waals surface area contributed by atoms with Crippen molar-refractivity contribution in [1.29, 1.82) is 0 Å². The van der Waals surface area contributed by atoms with Crippen LogP contribution in [0.15, 0.2) is 27.1 Å². The number of aryl methyl sites for hydroxylation is 1. The van der Waals surface area contributed by atoms with Gasteiger partial charge in [0.05, 0.1) is 0 Å². The highest BCUT2D eigenvalue weighted by Crippen LogP contribution is 2.25. The van der Waals surface area contributed by atoms with Crippen LogP contribution in [-0.2, 0) is 6.42 Å². The number of hydrogen-bond acceptors (Lipinski definition) is 6. The third-order valence-electron chi connectivity index (χ3n) is 4.58. The number of nitrogens with one attached hydrogen (secondary N) is 1. The van der Waals surface area contributed by atoms with Gasteiger partial charge < -0.3 is 13.8 Å². The maximum atomic E-state index is 5.58. The first-order valence-corrected chi connectivity index (χ1v) is 8.31. The number of hydrogen-bond donors (Lipinski definition) is 1. The van der Waals surface area contributed by atoms with Crippen LogP contribution in [0.1, 0.15) is 24.4 Å². The molecule has 0 saturated carbocycles. The number of furan rings is 1. The van der Waals surface area contributed by atoms with Crippen molar-refractivity contribution in [3.05, 3.63) is 29.8 Å². The maximum Gasteiger partial charge on any atom is 0.275 e. The second-order valence-electron chi connectivity index (χ2n) is 6.54. The molecule has 0 radical (unpaired) electrons. The Hall–Kier alpha value is -2.41. The van der Waals surface area contributed by atoms with E-state index in [1.54, 1.807) is 0 Å². The van der Waals surface area contributed by atoms with E-state index in [1.807, 2.05) is 25.1 Å². The Bertz CT molecular complexity index is 810. The van der Waals surface area contributed by atoms with E-state index in [0.717, 1.165) is 42.5 Å². The van der Waals surface area contributed by atoms with Gasteiger partial charge in [0.1, 0.15) is 17.1 Å². The van der Waals surface area contributed by atoms with Crippen LogP contribution >= 0.6 is 0 Å². The molecule has 3 aromatic rings. The molecule has 0 bridgehead atoms. The maximum absolute atomic E-state index is 5.58. The van der Waals surface area contributed by atoms with Crippen LogP contribution in [0.3, 0.4) is 0 Å². The highest BCUT2D eigenvalue weighted by atomic mass is 16.5. The summed E-state index contributed by atoms with van der Waals surface area (Å²) >= 11 is 0. The number of aromatic amines is 1. The van der Waals surface area contributed by atoms with Gasteiger partial charge in [-0.3, -0.25) is 5.10 Å². The predicted octanol–water partition coefficient (Wildman–Crippen LogP) is 2.91. The normalized spacial score (nSPS) is 16.8. The van der Waals surface area contributed by atoms with Gasteiger partial charge in [0.25, 0.3) is 5.89 Å². The molecule has 3 aromatic heterocycles. The van der Waals surface area contributed by atoms with Gasteiger partial charge in [-0.15, -0.1) is 0 Å². The Labute approximate surface area is 140 Å². The molecule has 7 heteroatoms. The Morgan fingerprint density at radius 1 is 1.29 bits per heavy atom. The van der Waals surface area contributed by atoms with Crippen molar-refractivity contribution in [3.8, 4) is 23.0 Å². The highest BCUT2D eigenvalue weighted by molar-refractivity contribution is 5.60. The van der Waals surface area contributed by atoms with Gasteiger partial charge in [0.2, 0.25) is 0 Å². The lowest BCUT2D eigenvalue weighted by Gasteiger charge is -2.27. The fourth-order valence-corrected chi connectivity index (χ4v) is 3.10. The largest absolute Gasteiger partial charge is 0.460 e. The van der Waals surface area contributed by atoms with E-state index in [1.165, 1.54) is 12.8 Å². The smallest absolute Gasteiger partial charge is 0.275 e. The minimum absolute atomic E-state index is 0.472. The number of aromatic nitrogens is 4. The third kappa shape index (κ3) is 3.12. The van der Waals surface area contributed by atoms with E-state index in [2.05, 4.69) is 32.3 Å². The molecule has 24 heavy (non-hydrogen) atoms. The Kier molecular flexibility index (Phi) is 3.93. The van der Waals surface area contributed by atoms with E-state index < -0.39 is 0 Å². The number of nitrogens with zero attached hydrogens (tertiary/aromatic N) is 4. The standard InChI is InChI=1S/C17H21N5O2/c1-11-3-4-15(23-11)13-10-14(20-19-13)17-18-16(21-24-17)9-12-5-7-22(2)8-6-12/h3-4,10,12H,5-9H2,1-2H3,(H,19,20). The van der Waals surface area contributed by atoms with E-state index in [4.69, 9.17) is 8.94 Å². The van der Waals surface area contributed by atoms with Gasteiger partial charge in [-0.05, 0) is 58.0 Å². The minimum Gasteiger partial charge on any atom is -0.460 e. The molecule has 1 aliphatic rings. The predicted molar refractivity (Wildman–Crippen MR) is 88.2 cm³/mol. The first-order chi connectivity index (χ1) is 11.7. The monoisotopic (exact) mass is 327 g/mol. The summed E-state index contributed by atoms with van der Waals surface area (Å²) in [5.74, 6) is 3.45. The molecular formula is C17H21N5O2. The van der Waals surface area contributed by atoms with Crippen LogP contribution in [0.4, 0.5) is 0 Å². The highest BCUT2D eigenvalue weighted by Gasteiger charge is 2.20. The second kappa shape index (κ2) is 6.24. The Morgan fingerprint density at radius 2 is 2.12 bits per heavy atom. The molecule has 4 rings (SSSR count). The molecule has 0 atom stereocenters. The summed E-state index contributed by atoms with van der Waals surface area (Å²) in [6.45, 7) is 4.19. The molecule has 0 aliphatic carbocycles. The molecule has 1 aliphatic heterocycles. The number of H-pyrrole nitrogens is 1. The van der Waals surface area contributed by atoms with Crippen LogP contribution in [0.2, 0.25) is 0 Å². The molecule has 0 spiro atoms. The summed E-state index contributed by atoms with van der Waals surface area (Å²) in [6, 6.07) is 5.68. The summed E-state index contributed by atoms with van der Waals surface area (Å²) in [6.07, 6.45) is 3.24. The van der Waals surface area contributed by atoms with Crippen molar-refractivity contribution < 1.29 is 8.94 Å². The SMILES string of the molecule is Cc1ccc(-c2cc(-c3nc(CC4CCN(C)CC4)no3)[nH]n2)o1.